The number of H-pyrrole nitrogens is 1. The van der Waals surface area contributed by atoms with E-state index in [4.69, 9.17) is 20.4 Å². The van der Waals surface area contributed by atoms with Crippen LogP contribution in [0.3, 0.4) is 0 Å². The second kappa shape index (κ2) is 21.2. The highest BCUT2D eigenvalue weighted by Crippen LogP contribution is 2.38. The highest BCUT2D eigenvalue weighted by atomic mass is 31.2. The number of primary amides is 1. The number of likely N-dealkylation sites (tertiary alicyclic amines) is 1. The Balaban J connectivity index is 1.75. The zero-order chi connectivity index (χ0) is 42.4. The minimum absolute atomic E-state index is 0.0471. The Morgan fingerprint density at radius 3 is 2.23 bits per heavy atom. The third-order valence-corrected chi connectivity index (χ3v) is 9.28. The number of phosphoric ester groups is 1. The van der Waals surface area contributed by atoms with Crippen molar-refractivity contribution in [1.29, 1.82) is 0 Å². The summed E-state index contributed by atoms with van der Waals surface area (Å²) in [5, 5.41) is 23.6. The van der Waals surface area contributed by atoms with Gasteiger partial charge in [0.1, 0.15) is 36.3 Å². The standard InChI is InChI=1S/C35H50N9O12P/c1-19(2)11-26(41-35(51)29-13-25(16-44(29)22(5)46)55-39-14-20(3)23-9-7-6-8-10-23)32(48)40-27(12-24-15-37-18-38-24)33(49)42-28(17-45)34(50)43-30(31(36)47)21(4)56-57(52,53)54/h6-10,14-15,18-19,21,25-30,45H,3,11-13,16-17H2,1-2,4-5H3,(H2,36,47)(H,37,38)(H,40,48)(H,41,51)(H,42,49)(H,43,50)(H2,52,53,54)/t21-,25?,26+,27+,28+,29+,30+/m1/s1. The van der Waals surface area contributed by atoms with Gasteiger partial charge in [-0.3, -0.25) is 33.3 Å². The molecule has 3 rings (SSSR count). The molecule has 1 unspecified atom stereocenters. The third-order valence-electron chi connectivity index (χ3n) is 8.68. The van der Waals surface area contributed by atoms with E-state index in [2.05, 4.69) is 47.5 Å². The van der Waals surface area contributed by atoms with Gasteiger partial charge in [0, 0.05) is 31.7 Å². The fraction of sp³-hybridized carbons (Fsp3) is 0.486. The van der Waals surface area contributed by atoms with Crippen LogP contribution < -0.4 is 27.0 Å². The monoisotopic (exact) mass is 819 g/mol. The van der Waals surface area contributed by atoms with Crippen LogP contribution >= 0.6 is 7.82 Å². The zero-order valence-electron chi connectivity index (χ0n) is 31.9. The third kappa shape index (κ3) is 14.5. The molecular formula is C35H50N9O12P. The molecule has 0 saturated carbocycles. The van der Waals surface area contributed by atoms with Gasteiger partial charge in [-0.25, -0.2) is 9.55 Å². The van der Waals surface area contributed by atoms with E-state index in [0.29, 0.717) is 11.3 Å². The molecule has 0 aliphatic carbocycles. The molecule has 312 valence electrons. The maximum absolute atomic E-state index is 13.9. The summed E-state index contributed by atoms with van der Waals surface area (Å²) in [5.74, 6) is -5.38. The van der Waals surface area contributed by atoms with Crippen LogP contribution in [0, 0.1) is 5.92 Å². The lowest BCUT2D eigenvalue weighted by atomic mass is 10.0. The quantitative estimate of drug-likeness (QED) is 0.0399. The summed E-state index contributed by atoms with van der Waals surface area (Å²) in [6, 6.07) is 2.07. The molecule has 22 heteroatoms. The van der Waals surface area contributed by atoms with E-state index in [0.717, 1.165) is 12.5 Å². The number of aliphatic hydroxyl groups is 1. The van der Waals surface area contributed by atoms with Crippen LogP contribution in [0.5, 0.6) is 0 Å². The molecule has 1 fully saturated rings. The van der Waals surface area contributed by atoms with Crippen LogP contribution in [0.25, 0.3) is 5.57 Å². The molecule has 1 aromatic carbocycles. The second-order valence-electron chi connectivity index (χ2n) is 13.7. The van der Waals surface area contributed by atoms with E-state index in [1.54, 1.807) is 13.8 Å². The van der Waals surface area contributed by atoms with Gasteiger partial charge in [-0.15, -0.1) is 0 Å². The fourth-order valence-corrected chi connectivity index (χ4v) is 6.42. The second-order valence-corrected chi connectivity index (χ2v) is 14.9. The number of oxime groups is 1. The number of rotatable bonds is 21. The SMILES string of the molecule is C=C(C=NOC1C[C@@H](C(=O)N[C@@H](CC(C)C)C(=O)N[C@@H](Cc2cnc[nH]2)C(=O)N[C@@H](CO)C(=O)N[C@H](C(N)=O)[C@@H](C)OP(=O)(O)O)N(C(C)=O)C1)c1ccccc1. The number of nitrogens with zero attached hydrogens (tertiary/aromatic N) is 3. The van der Waals surface area contributed by atoms with Gasteiger partial charge in [-0.1, -0.05) is 55.9 Å². The summed E-state index contributed by atoms with van der Waals surface area (Å²) >= 11 is 0. The zero-order valence-corrected chi connectivity index (χ0v) is 32.8. The summed E-state index contributed by atoms with van der Waals surface area (Å²) in [4.78, 5) is 111. The van der Waals surface area contributed by atoms with Crippen LogP contribution in [0.15, 0.2) is 54.6 Å². The lowest BCUT2D eigenvalue weighted by Gasteiger charge is -2.28. The maximum Gasteiger partial charge on any atom is 0.469 e. The van der Waals surface area contributed by atoms with Crippen molar-refractivity contribution in [2.45, 2.75) is 89.4 Å². The van der Waals surface area contributed by atoms with Gasteiger partial charge in [0.15, 0.2) is 0 Å². The van der Waals surface area contributed by atoms with Crippen molar-refractivity contribution in [2.24, 2.45) is 16.8 Å². The first-order valence-electron chi connectivity index (χ1n) is 17.8. The number of nitrogens with two attached hydrogens (primary N) is 1. The lowest BCUT2D eigenvalue weighted by molar-refractivity contribution is -0.139. The molecule has 10 N–H and O–H groups in total. The van der Waals surface area contributed by atoms with Crippen LogP contribution in [-0.4, -0.2) is 127 Å². The van der Waals surface area contributed by atoms with Crippen molar-refractivity contribution < 1.29 is 57.6 Å². The Morgan fingerprint density at radius 1 is 1.04 bits per heavy atom. The largest absolute Gasteiger partial charge is 0.469 e. The summed E-state index contributed by atoms with van der Waals surface area (Å²) in [6.45, 7) is 8.96. The highest BCUT2D eigenvalue weighted by molar-refractivity contribution is 7.46. The van der Waals surface area contributed by atoms with E-state index in [9.17, 15) is 38.4 Å². The summed E-state index contributed by atoms with van der Waals surface area (Å²) in [6.07, 6.45) is 1.84. The Morgan fingerprint density at radius 2 is 1.67 bits per heavy atom. The molecular weight excluding hydrogens is 769 g/mol. The van der Waals surface area contributed by atoms with E-state index in [-0.39, 0.29) is 31.7 Å². The number of carbonyl (C=O) groups is 6. The van der Waals surface area contributed by atoms with E-state index in [1.165, 1.54) is 30.6 Å². The number of aromatic amines is 1. The number of aliphatic hydroxyl groups excluding tert-OH is 1. The molecule has 1 aliphatic heterocycles. The topological polar surface area (TPSA) is 317 Å². The van der Waals surface area contributed by atoms with Crippen molar-refractivity contribution in [3.05, 3.63) is 60.7 Å². The molecule has 2 heterocycles. The molecule has 0 bridgehead atoms. The number of hydrogen-bond acceptors (Lipinski definition) is 12. The van der Waals surface area contributed by atoms with Crippen molar-refractivity contribution in [3.63, 3.8) is 0 Å². The lowest BCUT2D eigenvalue weighted by Crippen LogP contribution is -2.61. The summed E-state index contributed by atoms with van der Waals surface area (Å²) < 4.78 is 15.7. The molecule has 1 aromatic heterocycles. The number of amides is 6. The number of nitrogens with one attached hydrogen (secondary N) is 5. The maximum atomic E-state index is 13.9. The summed E-state index contributed by atoms with van der Waals surface area (Å²) in [5.41, 5.74) is 7.08. The molecule has 1 saturated heterocycles. The Kier molecular flexibility index (Phi) is 17.0. The molecule has 1 aliphatic rings. The van der Waals surface area contributed by atoms with Crippen LogP contribution in [-0.2, 0) is 49.1 Å². The number of aromatic nitrogens is 2. The molecule has 57 heavy (non-hydrogen) atoms. The molecule has 6 amide bonds. The van der Waals surface area contributed by atoms with Gasteiger partial charge in [-0.05, 0) is 30.4 Å². The van der Waals surface area contributed by atoms with Crippen molar-refractivity contribution in [2.75, 3.05) is 13.2 Å². The predicted octanol–water partition coefficient (Wildman–Crippen LogP) is -1.38. The van der Waals surface area contributed by atoms with Crippen LogP contribution in [0.4, 0.5) is 0 Å². The van der Waals surface area contributed by atoms with E-state index < -0.39 is 92.3 Å². The number of hydrogen-bond donors (Lipinski definition) is 9. The average molecular weight is 820 g/mol. The Labute approximate surface area is 328 Å². The number of phosphoric acid groups is 1. The first kappa shape index (κ1) is 45.9. The molecule has 7 atom stereocenters. The van der Waals surface area contributed by atoms with Crippen molar-refractivity contribution in [3.8, 4) is 0 Å². The predicted molar refractivity (Wildman–Crippen MR) is 203 cm³/mol. The van der Waals surface area contributed by atoms with Gasteiger partial charge in [0.05, 0.1) is 31.8 Å². The van der Waals surface area contributed by atoms with Gasteiger partial charge >= 0.3 is 7.82 Å². The number of carbonyl (C=O) groups excluding carboxylic acids is 6. The number of allylic oxidation sites excluding steroid dienone is 1. The number of benzene rings is 1. The van der Waals surface area contributed by atoms with E-state index >= 15 is 0 Å². The minimum Gasteiger partial charge on any atom is -0.394 e. The molecule has 2 aromatic rings. The number of imidazole rings is 1. The van der Waals surface area contributed by atoms with Crippen molar-refractivity contribution in [1.82, 2.24) is 36.1 Å². The molecule has 0 spiro atoms. The first-order valence-corrected chi connectivity index (χ1v) is 19.4. The highest BCUT2D eigenvalue weighted by Gasteiger charge is 2.41. The normalized spacial score (nSPS) is 18.2. The van der Waals surface area contributed by atoms with Crippen molar-refractivity contribution >= 4 is 55.1 Å². The molecule has 0 radical (unpaired) electrons. The van der Waals surface area contributed by atoms with Gasteiger partial charge in [0.25, 0.3) is 0 Å². The smallest absolute Gasteiger partial charge is 0.394 e. The average Bonchev–Trinajstić information content (AvgIpc) is 3.82. The first-order chi connectivity index (χ1) is 26.8. The van der Waals surface area contributed by atoms with E-state index in [1.807, 2.05) is 30.3 Å². The Bertz CT molecular complexity index is 1800. The van der Waals surface area contributed by atoms with Gasteiger partial charge < -0.3 is 56.6 Å². The van der Waals surface area contributed by atoms with Crippen LogP contribution in [0.1, 0.15) is 51.8 Å². The van der Waals surface area contributed by atoms with Crippen LogP contribution in [0.2, 0.25) is 0 Å². The van der Waals surface area contributed by atoms with Gasteiger partial charge in [0.2, 0.25) is 35.4 Å². The summed E-state index contributed by atoms with van der Waals surface area (Å²) in [7, 11) is -5.11. The minimum atomic E-state index is -5.11. The fourth-order valence-electron chi connectivity index (χ4n) is 5.86. The van der Waals surface area contributed by atoms with Gasteiger partial charge in [-0.2, -0.15) is 0 Å². The Hall–Kier alpha value is -5.47. The molecule has 21 nitrogen and oxygen atoms in total.